The predicted molar refractivity (Wildman–Crippen MR) is 67.7 cm³/mol. The van der Waals surface area contributed by atoms with Gasteiger partial charge >= 0.3 is 0 Å². The van der Waals surface area contributed by atoms with Crippen LogP contribution >= 0.6 is 15.9 Å². The lowest BCUT2D eigenvalue weighted by molar-refractivity contribution is 0.0628. The van der Waals surface area contributed by atoms with Gasteiger partial charge in [0.1, 0.15) is 5.75 Å². The summed E-state index contributed by atoms with van der Waals surface area (Å²) in [5, 5.41) is 10.0. The standard InChI is InChI=1S/C13H17BrO2/c1-16-11-5-6-12(14)10(7-11)8-13(15)9-3-2-4-9/h5-7,9,13,15H,2-4,8H2,1H3. The van der Waals surface area contributed by atoms with Gasteiger partial charge in [-0.2, -0.15) is 0 Å². The van der Waals surface area contributed by atoms with Gasteiger partial charge in [-0.05, 0) is 48.9 Å². The Morgan fingerprint density at radius 1 is 1.50 bits per heavy atom. The van der Waals surface area contributed by atoms with E-state index < -0.39 is 0 Å². The van der Waals surface area contributed by atoms with Crippen LogP contribution in [0.5, 0.6) is 5.75 Å². The molecule has 0 aliphatic heterocycles. The molecule has 0 spiro atoms. The summed E-state index contributed by atoms with van der Waals surface area (Å²) in [7, 11) is 1.66. The lowest BCUT2D eigenvalue weighted by Crippen LogP contribution is -2.28. The van der Waals surface area contributed by atoms with Gasteiger partial charge in [-0.25, -0.2) is 0 Å². The minimum atomic E-state index is -0.211. The molecule has 0 saturated heterocycles. The SMILES string of the molecule is COc1ccc(Br)c(CC(O)C2CCC2)c1. The molecule has 1 aliphatic carbocycles. The predicted octanol–water partition coefficient (Wildman–Crippen LogP) is 3.16. The molecular weight excluding hydrogens is 268 g/mol. The number of aliphatic hydroxyl groups excluding tert-OH is 1. The first-order valence-electron chi connectivity index (χ1n) is 5.71. The van der Waals surface area contributed by atoms with Gasteiger partial charge in [-0.15, -0.1) is 0 Å². The molecule has 2 nitrogen and oxygen atoms in total. The smallest absolute Gasteiger partial charge is 0.119 e. The van der Waals surface area contributed by atoms with Crippen molar-refractivity contribution in [3.8, 4) is 5.75 Å². The maximum atomic E-state index is 10.0. The Morgan fingerprint density at radius 3 is 2.81 bits per heavy atom. The third-order valence-electron chi connectivity index (χ3n) is 3.38. The Bertz CT molecular complexity index is 361. The van der Waals surface area contributed by atoms with E-state index in [4.69, 9.17) is 4.74 Å². The van der Waals surface area contributed by atoms with E-state index in [9.17, 15) is 5.11 Å². The van der Waals surface area contributed by atoms with Crippen molar-refractivity contribution in [2.45, 2.75) is 31.8 Å². The molecule has 0 heterocycles. The average molecular weight is 285 g/mol. The summed E-state index contributed by atoms with van der Waals surface area (Å²) in [5.41, 5.74) is 1.12. The highest BCUT2D eigenvalue weighted by Gasteiger charge is 2.26. The first-order valence-corrected chi connectivity index (χ1v) is 6.50. The van der Waals surface area contributed by atoms with Crippen molar-refractivity contribution >= 4 is 15.9 Å². The molecule has 1 aromatic carbocycles. The van der Waals surface area contributed by atoms with E-state index in [1.54, 1.807) is 7.11 Å². The van der Waals surface area contributed by atoms with E-state index in [1.165, 1.54) is 19.3 Å². The lowest BCUT2D eigenvalue weighted by atomic mass is 9.79. The van der Waals surface area contributed by atoms with Crippen molar-refractivity contribution in [1.82, 2.24) is 0 Å². The Hall–Kier alpha value is -0.540. The molecule has 1 aliphatic rings. The van der Waals surface area contributed by atoms with E-state index >= 15 is 0 Å². The molecule has 1 aromatic rings. The summed E-state index contributed by atoms with van der Waals surface area (Å²) in [4.78, 5) is 0. The van der Waals surface area contributed by atoms with Gasteiger partial charge < -0.3 is 9.84 Å². The van der Waals surface area contributed by atoms with Crippen molar-refractivity contribution in [1.29, 1.82) is 0 Å². The second-order valence-electron chi connectivity index (χ2n) is 4.42. The summed E-state index contributed by atoms with van der Waals surface area (Å²) >= 11 is 3.51. The van der Waals surface area contributed by atoms with Crippen LogP contribution in [-0.2, 0) is 6.42 Å². The number of hydrogen-bond donors (Lipinski definition) is 1. The van der Waals surface area contributed by atoms with Crippen molar-refractivity contribution in [2.75, 3.05) is 7.11 Å². The van der Waals surface area contributed by atoms with Gasteiger partial charge in [-0.3, -0.25) is 0 Å². The van der Waals surface area contributed by atoms with Crippen LogP contribution in [0.1, 0.15) is 24.8 Å². The minimum absolute atomic E-state index is 0.211. The average Bonchev–Trinajstić information content (AvgIpc) is 2.18. The van der Waals surface area contributed by atoms with Crippen LogP contribution in [0.15, 0.2) is 22.7 Å². The summed E-state index contributed by atoms with van der Waals surface area (Å²) in [6.07, 6.45) is 4.10. The molecule has 1 atom stereocenters. The molecule has 0 amide bonds. The first kappa shape index (κ1) is 11.9. The van der Waals surface area contributed by atoms with Crippen LogP contribution in [0, 0.1) is 5.92 Å². The van der Waals surface area contributed by atoms with Gasteiger partial charge in [0.2, 0.25) is 0 Å². The zero-order chi connectivity index (χ0) is 11.5. The molecule has 16 heavy (non-hydrogen) atoms. The highest BCUT2D eigenvalue weighted by molar-refractivity contribution is 9.10. The second kappa shape index (κ2) is 5.19. The molecule has 88 valence electrons. The normalized spacial score (nSPS) is 17.9. The zero-order valence-corrected chi connectivity index (χ0v) is 11.0. The molecule has 0 bridgehead atoms. The minimum Gasteiger partial charge on any atom is -0.497 e. The number of aliphatic hydroxyl groups is 1. The van der Waals surface area contributed by atoms with Crippen LogP contribution in [-0.4, -0.2) is 18.3 Å². The van der Waals surface area contributed by atoms with Gasteiger partial charge in [0.25, 0.3) is 0 Å². The Balaban J connectivity index is 2.06. The van der Waals surface area contributed by atoms with Crippen LogP contribution < -0.4 is 4.74 Å². The summed E-state index contributed by atoms with van der Waals surface area (Å²) < 4.78 is 6.24. The monoisotopic (exact) mass is 284 g/mol. The summed E-state index contributed by atoms with van der Waals surface area (Å²) in [5.74, 6) is 1.34. The number of rotatable bonds is 4. The fraction of sp³-hybridized carbons (Fsp3) is 0.538. The second-order valence-corrected chi connectivity index (χ2v) is 5.27. The van der Waals surface area contributed by atoms with E-state index in [1.807, 2.05) is 18.2 Å². The third-order valence-corrected chi connectivity index (χ3v) is 4.15. The molecule has 0 radical (unpaired) electrons. The molecule has 1 saturated carbocycles. The van der Waals surface area contributed by atoms with Crippen LogP contribution in [0.25, 0.3) is 0 Å². The van der Waals surface area contributed by atoms with Crippen LogP contribution in [0.2, 0.25) is 0 Å². The maximum absolute atomic E-state index is 10.0. The Kier molecular flexibility index (Phi) is 3.87. The Morgan fingerprint density at radius 2 is 2.25 bits per heavy atom. The maximum Gasteiger partial charge on any atom is 0.119 e. The summed E-state index contributed by atoms with van der Waals surface area (Å²) in [6, 6.07) is 5.89. The quantitative estimate of drug-likeness (QED) is 0.920. The number of halogens is 1. The molecular formula is C13H17BrO2. The molecule has 0 aromatic heterocycles. The highest BCUT2D eigenvalue weighted by Crippen LogP contribution is 2.32. The lowest BCUT2D eigenvalue weighted by Gasteiger charge is -2.30. The van der Waals surface area contributed by atoms with Gasteiger partial charge in [0.05, 0.1) is 13.2 Å². The number of benzene rings is 1. The number of methoxy groups -OCH3 is 1. The Labute approximate surface area is 105 Å². The van der Waals surface area contributed by atoms with Crippen LogP contribution in [0.4, 0.5) is 0 Å². The molecule has 2 rings (SSSR count). The summed E-state index contributed by atoms with van der Waals surface area (Å²) in [6.45, 7) is 0. The molecule has 1 unspecified atom stereocenters. The first-order chi connectivity index (χ1) is 7.70. The fourth-order valence-electron chi connectivity index (χ4n) is 2.05. The van der Waals surface area contributed by atoms with Crippen molar-refractivity contribution in [3.63, 3.8) is 0 Å². The van der Waals surface area contributed by atoms with Crippen molar-refractivity contribution in [2.24, 2.45) is 5.92 Å². The topological polar surface area (TPSA) is 29.5 Å². The van der Waals surface area contributed by atoms with Crippen LogP contribution in [0.3, 0.4) is 0 Å². The number of ether oxygens (including phenoxy) is 1. The molecule has 3 heteroatoms. The molecule has 1 N–H and O–H groups in total. The van der Waals surface area contributed by atoms with E-state index in [0.29, 0.717) is 12.3 Å². The number of hydrogen-bond acceptors (Lipinski definition) is 2. The van der Waals surface area contributed by atoms with E-state index in [0.717, 1.165) is 15.8 Å². The third kappa shape index (κ3) is 2.58. The van der Waals surface area contributed by atoms with Crippen molar-refractivity contribution < 1.29 is 9.84 Å². The van der Waals surface area contributed by atoms with Gasteiger partial charge in [0, 0.05) is 4.47 Å². The highest BCUT2D eigenvalue weighted by atomic mass is 79.9. The van der Waals surface area contributed by atoms with Gasteiger partial charge in [0.15, 0.2) is 0 Å². The largest absolute Gasteiger partial charge is 0.497 e. The van der Waals surface area contributed by atoms with E-state index in [2.05, 4.69) is 15.9 Å². The molecule has 1 fully saturated rings. The fourth-order valence-corrected chi connectivity index (χ4v) is 2.46. The van der Waals surface area contributed by atoms with Gasteiger partial charge in [-0.1, -0.05) is 22.4 Å². The van der Waals surface area contributed by atoms with Crippen molar-refractivity contribution in [3.05, 3.63) is 28.2 Å². The zero-order valence-electron chi connectivity index (χ0n) is 9.45. The van der Waals surface area contributed by atoms with E-state index in [-0.39, 0.29) is 6.10 Å².